The van der Waals surface area contributed by atoms with Crippen LogP contribution in [0.15, 0.2) is 40.9 Å². The summed E-state index contributed by atoms with van der Waals surface area (Å²) in [6, 6.07) is 12.4. The molecule has 18 heavy (non-hydrogen) atoms. The van der Waals surface area contributed by atoms with Crippen molar-refractivity contribution in [2.24, 2.45) is 11.7 Å². The molecule has 0 spiro atoms. The van der Waals surface area contributed by atoms with Crippen LogP contribution < -0.4 is 10.5 Å². The molecule has 0 aliphatic carbocycles. The number of hydrogen-bond donors (Lipinski definition) is 1. The highest BCUT2D eigenvalue weighted by atomic mass is 79.9. The van der Waals surface area contributed by atoms with Crippen molar-refractivity contribution in [2.45, 2.75) is 20.0 Å². The first-order valence-corrected chi connectivity index (χ1v) is 6.95. The summed E-state index contributed by atoms with van der Waals surface area (Å²) < 4.78 is 7.02. The summed E-state index contributed by atoms with van der Waals surface area (Å²) in [7, 11) is 0. The van der Waals surface area contributed by atoms with E-state index in [0.29, 0.717) is 12.5 Å². The Balaban J connectivity index is 2.27. The second kappa shape index (κ2) is 5.72. The van der Waals surface area contributed by atoms with Gasteiger partial charge in [-0.3, -0.25) is 0 Å². The molecule has 96 valence electrons. The molecule has 0 bridgehead atoms. The third-order valence-corrected chi connectivity index (χ3v) is 3.53. The summed E-state index contributed by atoms with van der Waals surface area (Å²) in [4.78, 5) is 0. The van der Waals surface area contributed by atoms with E-state index in [1.54, 1.807) is 0 Å². The highest BCUT2D eigenvalue weighted by molar-refractivity contribution is 9.10. The minimum atomic E-state index is 0.0675. The number of hydrogen-bond acceptors (Lipinski definition) is 2. The molecule has 0 saturated heterocycles. The van der Waals surface area contributed by atoms with Gasteiger partial charge in [0.05, 0.1) is 0 Å². The van der Waals surface area contributed by atoms with Crippen LogP contribution in [0.5, 0.6) is 5.75 Å². The number of rotatable bonds is 4. The van der Waals surface area contributed by atoms with Crippen LogP contribution in [-0.4, -0.2) is 12.6 Å². The number of nitrogens with two attached hydrogens (primary N) is 1. The first-order valence-electron chi connectivity index (χ1n) is 6.16. The van der Waals surface area contributed by atoms with Gasteiger partial charge in [-0.05, 0) is 41.0 Å². The maximum absolute atomic E-state index is 5.93. The molecule has 2 rings (SSSR count). The van der Waals surface area contributed by atoms with Crippen LogP contribution in [0.4, 0.5) is 0 Å². The Kier molecular flexibility index (Phi) is 4.25. The normalized spacial score (nSPS) is 12.9. The van der Waals surface area contributed by atoms with Crippen LogP contribution in [0.2, 0.25) is 0 Å². The standard InChI is InChI=1S/C15H18BrNO/c1-10(2)15(9-17)18-14-6-4-11-7-13(16)5-3-12(11)8-14/h3-8,10,15H,9,17H2,1-2H3. The van der Waals surface area contributed by atoms with Gasteiger partial charge in [0.2, 0.25) is 0 Å². The molecular formula is C15H18BrNO. The lowest BCUT2D eigenvalue weighted by molar-refractivity contribution is 0.159. The van der Waals surface area contributed by atoms with Gasteiger partial charge in [0.25, 0.3) is 0 Å². The van der Waals surface area contributed by atoms with E-state index in [9.17, 15) is 0 Å². The molecule has 0 aliphatic rings. The fourth-order valence-electron chi connectivity index (χ4n) is 1.90. The lowest BCUT2D eigenvalue weighted by Gasteiger charge is -2.21. The molecule has 2 N–H and O–H groups in total. The van der Waals surface area contributed by atoms with E-state index in [-0.39, 0.29) is 6.10 Å². The molecule has 3 heteroatoms. The van der Waals surface area contributed by atoms with Gasteiger partial charge in [0, 0.05) is 11.0 Å². The molecule has 0 amide bonds. The molecule has 1 atom stereocenters. The Hall–Kier alpha value is -1.06. The SMILES string of the molecule is CC(C)C(CN)Oc1ccc2cc(Br)ccc2c1. The Bertz CT molecular complexity index is 539. The summed E-state index contributed by atoms with van der Waals surface area (Å²) in [5.74, 6) is 1.30. The molecule has 2 aromatic rings. The van der Waals surface area contributed by atoms with Crippen LogP contribution in [0.25, 0.3) is 10.8 Å². The van der Waals surface area contributed by atoms with Crippen molar-refractivity contribution < 1.29 is 4.74 Å². The zero-order valence-electron chi connectivity index (χ0n) is 10.7. The summed E-state index contributed by atoms with van der Waals surface area (Å²) in [5.41, 5.74) is 5.72. The molecule has 0 aliphatic heterocycles. The van der Waals surface area contributed by atoms with E-state index in [1.807, 2.05) is 12.1 Å². The van der Waals surface area contributed by atoms with E-state index in [0.717, 1.165) is 10.2 Å². The molecule has 0 fully saturated rings. The van der Waals surface area contributed by atoms with Crippen LogP contribution in [0.1, 0.15) is 13.8 Å². The van der Waals surface area contributed by atoms with Crippen LogP contribution in [0.3, 0.4) is 0 Å². The molecule has 2 nitrogen and oxygen atoms in total. The molecule has 0 aromatic heterocycles. The van der Waals surface area contributed by atoms with Crippen molar-refractivity contribution in [3.05, 3.63) is 40.9 Å². The Morgan fingerprint density at radius 2 is 1.78 bits per heavy atom. The predicted molar refractivity (Wildman–Crippen MR) is 80.0 cm³/mol. The fourth-order valence-corrected chi connectivity index (χ4v) is 2.28. The van der Waals surface area contributed by atoms with Gasteiger partial charge < -0.3 is 10.5 Å². The van der Waals surface area contributed by atoms with Gasteiger partial charge in [-0.2, -0.15) is 0 Å². The smallest absolute Gasteiger partial charge is 0.120 e. The van der Waals surface area contributed by atoms with Gasteiger partial charge in [0.15, 0.2) is 0 Å². The molecule has 1 unspecified atom stereocenters. The van der Waals surface area contributed by atoms with E-state index >= 15 is 0 Å². The monoisotopic (exact) mass is 307 g/mol. The molecular weight excluding hydrogens is 290 g/mol. The number of benzene rings is 2. The zero-order valence-corrected chi connectivity index (χ0v) is 12.3. The molecule has 2 aromatic carbocycles. The van der Waals surface area contributed by atoms with Crippen LogP contribution in [0, 0.1) is 5.92 Å². The van der Waals surface area contributed by atoms with E-state index < -0.39 is 0 Å². The van der Waals surface area contributed by atoms with Crippen LogP contribution in [-0.2, 0) is 0 Å². The average molecular weight is 308 g/mol. The van der Waals surface area contributed by atoms with E-state index in [2.05, 4.69) is 54.0 Å². The van der Waals surface area contributed by atoms with Gasteiger partial charge >= 0.3 is 0 Å². The number of ether oxygens (including phenoxy) is 1. The van der Waals surface area contributed by atoms with Crippen molar-refractivity contribution in [1.82, 2.24) is 0 Å². The van der Waals surface area contributed by atoms with Crippen LogP contribution >= 0.6 is 15.9 Å². The summed E-state index contributed by atoms with van der Waals surface area (Å²) in [6.07, 6.45) is 0.0675. The summed E-state index contributed by atoms with van der Waals surface area (Å²) >= 11 is 3.47. The van der Waals surface area contributed by atoms with Gasteiger partial charge in [-0.1, -0.05) is 41.9 Å². The minimum Gasteiger partial charge on any atom is -0.489 e. The third kappa shape index (κ3) is 3.03. The lowest BCUT2D eigenvalue weighted by Crippen LogP contribution is -2.31. The van der Waals surface area contributed by atoms with E-state index in [4.69, 9.17) is 10.5 Å². The summed E-state index contributed by atoms with van der Waals surface area (Å²) in [6.45, 7) is 4.78. The van der Waals surface area contributed by atoms with Crippen molar-refractivity contribution >= 4 is 26.7 Å². The average Bonchev–Trinajstić information content (AvgIpc) is 2.35. The highest BCUT2D eigenvalue weighted by Gasteiger charge is 2.13. The predicted octanol–water partition coefficient (Wildman–Crippen LogP) is 3.96. The third-order valence-electron chi connectivity index (χ3n) is 3.04. The quantitative estimate of drug-likeness (QED) is 0.927. The van der Waals surface area contributed by atoms with Crippen molar-refractivity contribution in [3.8, 4) is 5.75 Å². The molecule has 0 heterocycles. The number of fused-ring (bicyclic) bond motifs is 1. The van der Waals surface area contributed by atoms with Gasteiger partial charge in [-0.25, -0.2) is 0 Å². The fraction of sp³-hybridized carbons (Fsp3) is 0.333. The largest absolute Gasteiger partial charge is 0.489 e. The maximum atomic E-state index is 5.93. The lowest BCUT2D eigenvalue weighted by atomic mass is 10.1. The first-order chi connectivity index (χ1) is 8.60. The van der Waals surface area contributed by atoms with E-state index in [1.165, 1.54) is 10.8 Å². The molecule has 0 radical (unpaired) electrons. The highest BCUT2D eigenvalue weighted by Crippen LogP contribution is 2.25. The van der Waals surface area contributed by atoms with Gasteiger partial charge in [0.1, 0.15) is 11.9 Å². The Morgan fingerprint density at radius 3 is 2.44 bits per heavy atom. The second-order valence-corrected chi connectivity index (χ2v) is 5.70. The molecule has 0 saturated carbocycles. The first kappa shape index (κ1) is 13.4. The van der Waals surface area contributed by atoms with Crippen molar-refractivity contribution in [2.75, 3.05) is 6.54 Å². The minimum absolute atomic E-state index is 0.0675. The van der Waals surface area contributed by atoms with Crippen molar-refractivity contribution in [1.29, 1.82) is 0 Å². The topological polar surface area (TPSA) is 35.2 Å². The van der Waals surface area contributed by atoms with Gasteiger partial charge in [-0.15, -0.1) is 0 Å². The Morgan fingerprint density at radius 1 is 1.11 bits per heavy atom. The second-order valence-electron chi connectivity index (χ2n) is 4.79. The maximum Gasteiger partial charge on any atom is 0.120 e. The summed E-state index contributed by atoms with van der Waals surface area (Å²) in [5, 5.41) is 2.38. The Labute approximate surface area is 116 Å². The van der Waals surface area contributed by atoms with Crippen molar-refractivity contribution in [3.63, 3.8) is 0 Å². The zero-order chi connectivity index (χ0) is 13.1. The number of halogens is 1.